The maximum Gasteiger partial charge on any atom is 0.352 e. The number of nitrogens with one attached hydrogen (secondary N) is 1. The predicted octanol–water partition coefficient (Wildman–Crippen LogP) is 1.66. The van der Waals surface area contributed by atoms with Gasteiger partial charge in [0.25, 0.3) is 6.43 Å². The van der Waals surface area contributed by atoms with Crippen molar-refractivity contribution >= 4 is 17.6 Å². The fourth-order valence-electron chi connectivity index (χ4n) is 0.924. The zero-order valence-electron chi connectivity index (χ0n) is 6.55. The van der Waals surface area contributed by atoms with Crippen LogP contribution < -0.4 is 5.43 Å². The van der Waals surface area contributed by atoms with Gasteiger partial charge in [-0.05, 0) is 0 Å². The molecule has 0 aromatic carbocycles. The summed E-state index contributed by atoms with van der Waals surface area (Å²) in [5.74, 6) is -1.65. The largest absolute Gasteiger partial charge is 0.477 e. The highest BCUT2D eigenvalue weighted by Crippen LogP contribution is 2.19. The number of carbonyl (C=O) groups is 1. The molecule has 0 saturated heterocycles. The van der Waals surface area contributed by atoms with Gasteiger partial charge in [0.15, 0.2) is 5.43 Å². The van der Waals surface area contributed by atoms with E-state index < -0.39 is 29.1 Å². The molecule has 0 amide bonds. The highest BCUT2D eigenvalue weighted by atomic mass is 35.5. The molecule has 0 fully saturated rings. The van der Waals surface area contributed by atoms with Crippen molar-refractivity contribution in [3.8, 4) is 0 Å². The second-order valence-corrected chi connectivity index (χ2v) is 2.78. The summed E-state index contributed by atoms with van der Waals surface area (Å²) in [6, 6.07) is 0.704. The zero-order chi connectivity index (χ0) is 10.9. The van der Waals surface area contributed by atoms with Gasteiger partial charge >= 0.3 is 5.97 Å². The molecule has 4 nitrogen and oxygen atoms in total. The number of aromatic carboxylic acids is 1. The third-order valence-corrected chi connectivity index (χ3v) is 1.67. The lowest BCUT2D eigenvalue weighted by molar-refractivity contribution is 0.0676. The number of pyridine rings is 1. The van der Waals surface area contributed by atoms with Crippen LogP contribution in [0, 0.1) is 0 Å². The topological polar surface area (TPSA) is 70.2 Å². The van der Waals surface area contributed by atoms with Crippen LogP contribution in [-0.2, 0) is 0 Å². The molecule has 0 aliphatic rings. The van der Waals surface area contributed by atoms with E-state index >= 15 is 0 Å². The molecule has 76 valence electrons. The molecule has 0 aliphatic heterocycles. The summed E-state index contributed by atoms with van der Waals surface area (Å²) >= 11 is 5.31. The minimum absolute atomic E-state index is 0.295. The van der Waals surface area contributed by atoms with Gasteiger partial charge in [-0.1, -0.05) is 11.6 Å². The molecule has 0 radical (unpaired) electrons. The summed E-state index contributed by atoms with van der Waals surface area (Å²) < 4.78 is 24.5. The van der Waals surface area contributed by atoms with Gasteiger partial charge in [0.05, 0.1) is 5.56 Å². The Morgan fingerprint density at radius 1 is 1.57 bits per heavy atom. The standard InChI is InChI=1S/C7H4ClF2NO3/c8-3-1-2(12)4(6(9)10)5(11-3)7(13)14/h1,6H,(H,11,12)(H,13,14). The van der Waals surface area contributed by atoms with Crippen LogP contribution in [0.1, 0.15) is 22.5 Å². The van der Waals surface area contributed by atoms with E-state index in [1.807, 2.05) is 4.98 Å². The number of hydrogen-bond donors (Lipinski definition) is 2. The Kier molecular flexibility index (Phi) is 2.85. The maximum absolute atomic E-state index is 12.3. The Balaban J connectivity index is 3.53. The van der Waals surface area contributed by atoms with Crippen molar-refractivity contribution in [3.63, 3.8) is 0 Å². The third kappa shape index (κ3) is 1.90. The summed E-state index contributed by atoms with van der Waals surface area (Å²) in [5, 5.41) is 8.21. The monoisotopic (exact) mass is 223 g/mol. The number of rotatable bonds is 2. The number of aromatic nitrogens is 1. The van der Waals surface area contributed by atoms with Crippen LogP contribution in [0.25, 0.3) is 0 Å². The Hall–Kier alpha value is -1.43. The molecule has 2 N–H and O–H groups in total. The molecule has 0 unspecified atom stereocenters. The predicted molar refractivity (Wildman–Crippen MR) is 44.0 cm³/mol. The number of halogens is 3. The lowest BCUT2D eigenvalue weighted by Crippen LogP contribution is -2.17. The van der Waals surface area contributed by atoms with Crippen LogP contribution in [0.4, 0.5) is 8.78 Å². The summed E-state index contributed by atoms with van der Waals surface area (Å²) in [5.41, 5.74) is -3.06. The fraction of sp³-hybridized carbons (Fsp3) is 0.143. The Bertz CT molecular complexity index is 429. The van der Waals surface area contributed by atoms with Gasteiger partial charge in [-0.2, -0.15) is 0 Å². The molecule has 0 spiro atoms. The molecular weight excluding hydrogens is 220 g/mol. The summed E-state index contributed by atoms with van der Waals surface area (Å²) in [4.78, 5) is 23.4. The Morgan fingerprint density at radius 2 is 2.14 bits per heavy atom. The van der Waals surface area contributed by atoms with Gasteiger partial charge in [-0.25, -0.2) is 13.6 Å². The van der Waals surface area contributed by atoms with Crippen molar-refractivity contribution in [2.45, 2.75) is 6.43 Å². The van der Waals surface area contributed by atoms with E-state index in [1.54, 1.807) is 0 Å². The van der Waals surface area contributed by atoms with Gasteiger partial charge in [0.1, 0.15) is 10.8 Å². The Labute approximate surface area is 81.1 Å². The lowest BCUT2D eigenvalue weighted by atomic mass is 10.2. The maximum atomic E-state index is 12.3. The summed E-state index contributed by atoms with van der Waals surface area (Å²) in [7, 11) is 0. The quantitative estimate of drug-likeness (QED) is 0.749. The van der Waals surface area contributed by atoms with E-state index in [4.69, 9.17) is 16.7 Å². The fourth-order valence-corrected chi connectivity index (χ4v) is 1.12. The highest BCUT2D eigenvalue weighted by molar-refractivity contribution is 6.29. The third-order valence-electron chi connectivity index (χ3n) is 1.47. The van der Waals surface area contributed by atoms with Crippen LogP contribution in [0.3, 0.4) is 0 Å². The van der Waals surface area contributed by atoms with E-state index in [2.05, 4.69) is 0 Å². The Morgan fingerprint density at radius 3 is 2.57 bits per heavy atom. The molecule has 0 bridgehead atoms. The van der Waals surface area contributed by atoms with Gasteiger partial charge in [0, 0.05) is 6.07 Å². The van der Waals surface area contributed by atoms with Gasteiger partial charge in [0.2, 0.25) is 0 Å². The first-order chi connectivity index (χ1) is 6.43. The first-order valence-corrected chi connectivity index (χ1v) is 3.75. The molecular formula is C7H4ClF2NO3. The second-order valence-electron chi connectivity index (χ2n) is 2.38. The minimum atomic E-state index is -3.15. The minimum Gasteiger partial charge on any atom is -0.477 e. The molecule has 7 heteroatoms. The number of hydrogen-bond acceptors (Lipinski definition) is 2. The molecule has 1 heterocycles. The van der Waals surface area contributed by atoms with Gasteiger partial charge < -0.3 is 10.1 Å². The van der Waals surface area contributed by atoms with E-state index in [1.165, 1.54) is 0 Å². The van der Waals surface area contributed by atoms with Crippen molar-refractivity contribution in [1.29, 1.82) is 0 Å². The van der Waals surface area contributed by atoms with Crippen LogP contribution in [0.2, 0.25) is 5.15 Å². The lowest BCUT2D eigenvalue weighted by Gasteiger charge is -2.03. The summed E-state index contributed by atoms with van der Waals surface area (Å²) in [6.45, 7) is 0. The number of aromatic amines is 1. The first-order valence-electron chi connectivity index (χ1n) is 3.37. The molecule has 1 rings (SSSR count). The van der Waals surface area contributed by atoms with Gasteiger partial charge in [-0.15, -0.1) is 0 Å². The van der Waals surface area contributed by atoms with Gasteiger partial charge in [-0.3, -0.25) is 4.79 Å². The molecule has 0 saturated carbocycles. The van der Waals surface area contributed by atoms with E-state index in [0.717, 1.165) is 0 Å². The summed E-state index contributed by atoms with van der Waals surface area (Å²) in [6.07, 6.45) is -3.15. The average Bonchev–Trinajstić information content (AvgIpc) is 2.01. The van der Waals surface area contributed by atoms with Crippen molar-refractivity contribution in [2.75, 3.05) is 0 Å². The average molecular weight is 224 g/mol. The SMILES string of the molecule is O=C(O)c1[nH]c(Cl)cc(=O)c1C(F)F. The van der Waals surface area contributed by atoms with Crippen LogP contribution in [0.5, 0.6) is 0 Å². The molecule has 1 aromatic heterocycles. The van der Waals surface area contributed by atoms with Crippen LogP contribution in [0.15, 0.2) is 10.9 Å². The van der Waals surface area contributed by atoms with Crippen molar-refractivity contribution in [3.05, 3.63) is 32.7 Å². The van der Waals surface area contributed by atoms with E-state index in [9.17, 15) is 18.4 Å². The number of H-pyrrole nitrogens is 1. The first kappa shape index (κ1) is 10.6. The number of alkyl halides is 2. The smallest absolute Gasteiger partial charge is 0.352 e. The van der Waals surface area contributed by atoms with Crippen molar-refractivity contribution < 1.29 is 18.7 Å². The second kappa shape index (κ2) is 3.75. The van der Waals surface area contributed by atoms with E-state index in [-0.39, 0.29) is 5.15 Å². The molecule has 1 aromatic rings. The highest BCUT2D eigenvalue weighted by Gasteiger charge is 2.22. The molecule has 0 atom stereocenters. The normalized spacial score (nSPS) is 10.6. The van der Waals surface area contributed by atoms with Crippen LogP contribution >= 0.6 is 11.6 Å². The number of carboxylic acids is 1. The van der Waals surface area contributed by atoms with E-state index in [0.29, 0.717) is 6.07 Å². The van der Waals surface area contributed by atoms with Crippen LogP contribution in [-0.4, -0.2) is 16.1 Å². The molecule has 0 aliphatic carbocycles. The number of carboxylic acid groups (broad SMARTS) is 1. The molecule has 14 heavy (non-hydrogen) atoms. The zero-order valence-corrected chi connectivity index (χ0v) is 7.31. The van der Waals surface area contributed by atoms with Crippen molar-refractivity contribution in [2.24, 2.45) is 0 Å². The van der Waals surface area contributed by atoms with Crippen molar-refractivity contribution in [1.82, 2.24) is 4.98 Å².